The van der Waals surface area contributed by atoms with E-state index in [0.29, 0.717) is 19.3 Å². The van der Waals surface area contributed by atoms with Crippen LogP contribution in [0.15, 0.2) is 24.3 Å². The Morgan fingerprint density at radius 2 is 1.00 bits per heavy atom. The van der Waals surface area contributed by atoms with Crippen LogP contribution in [-0.4, -0.2) is 110 Å². The highest BCUT2D eigenvalue weighted by Crippen LogP contribution is 2.23. The van der Waals surface area contributed by atoms with Crippen molar-refractivity contribution in [1.29, 1.82) is 0 Å². The van der Waals surface area contributed by atoms with Crippen molar-refractivity contribution in [3.05, 3.63) is 24.3 Å². The molecule has 9 unspecified atom stereocenters. The van der Waals surface area contributed by atoms with Gasteiger partial charge in [-0.3, -0.25) is 4.79 Å². The average molecular weight is 898 g/mol. The Hall–Kier alpha value is -1.41. The maximum atomic E-state index is 13.1. The molecule has 372 valence electrons. The molecule has 0 aromatic carbocycles. The van der Waals surface area contributed by atoms with Crippen LogP contribution in [0.4, 0.5) is 0 Å². The summed E-state index contributed by atoms with van der Waals surface area (Å²) in [5.41, 5.74) is 0. The van der Waals surface area contributed by atoms with Crippen LogP contribution >= 0.6 is 0 Å². The number of rotatable bonds is 44. The fourth-order valence-corrected chi connectivity index (χ4v) is 8.52. The van der Waals surface area contributed by atoms with E-state index in [1.54, 1.807) is 0 Å². The second kappa shape index (κ2) is 42.0. The van der Waals surface area contributed by atoms with Crippen molar-refractivity contribution in [2.45, 2.75) is 287 Å². The Kier molecular flexibility index (Phi) is 39.7. The summed E-state index contributed by atoms with van der Waals surface area (Å²) in [5.74, 6) is -0.710. The van der Waals surface area contributed by atoms with Gasteiger partial charge < -0.3 is 50.5 Å². The molecule has 0 aromatic heterocycles. The van der Waals surface area contributed by atoms with Gasteiger partial charge in [0.2, 0.25) is 5.91 Å². The van der Waals surface area contributed by atoms with Gasteiger partial charge in [-0.25, -0.2) is 0 Å². The summed E-state index contributed by atoms with van der Waals surface area (Å²) in [4.78, 5) is 13.1. The molecule has 1 aliphatic rings. The summed E-state index contributed by atoms with van der Waals surface area (Å²) in [6.07, 6.45) is 37.3. The molecule has 0 aliphatic carbocycles. The van der Waals surface area contributed by atoms with Gasteiger partial charge in [0.25, 0.3) is 0 Å². The third-order valence-corrected chi connectivity index (χ3v) is 12.8. The maximum Gasteiger partial charge on any atom is 0.249 e. The molecule has 9 atom stereocenters. The zero-order valence-electron chi connectivity index (χ0n) is 40.3. The summed E-state index contributed by atoms with van der Waals surface area (Å²) in [6, 6.07) is -1.19. The summed E-state index contributed by atoms with van der Waals surface area (Å²) in [6.45, 7) is 3.19. The quantitative estimate of drug-likeness (QED) is 0.0216. The molecule has 11 nitrogen and oxygen atoms in total. The van der Waals surface area contributed by atoms with E-state index in [1.165, 1.54) is 154 Å². The van der Waals surface area contributed by atoms with Crippen molar-refractivity contribution in [2.75, 3.05) is 13.2 Å². The number of aliphatic hydroxyl groups excluding tert-OH is 7. The topological polar surface area (TPSA) is 189 Å². The van der Waals surface area contributed by atoms with Gasteiger partial charge in [-0.2, -0.15) is 0 Å². The lowest BCUT2D eigenvalue weighted by molar-refractivity contribution is -0.303. The van der Waals surface area contributed by atoms with Crippen molar-refractivity contribution in [3.63, 3.8) is 0 Å². The highest BCUT2D eigenvalue weighted by atomic mass is 16.7. The number of hydrogen-bond donors (Lipinski definition) is 8. The lowest BCUT2D eigenvalue weighted by Crippen LogP contribution is -2.60. The largest absolute Gasteiger partial charge is 0.394 e. The van der Waals surface area contributed by atoms with Crippen molar-refractivity contribution in [3.8, 4) is 0 Å². The zero-order valence-corrected chi connectivity index (χ0v) is 40.3. The lowest BCUT2D eigenvalue weighted by Gasteiger charge is -2.40. The number of carbonyl (C=O) groups excluding carboxylic acids is 1. The van der Waals surface area contributed by atoms with Crippen LogP contribution in [-0.2, 0) is 14.3 Å². The van der Waals surface area contributed by atoms with Gasteiger partial charge in [-0.1, -0.05) is 211 Å². The molecule has 1 heterocycles. The Morgan fingerprint density at radius 3 is 1.44 bits per heavy atom. The molecule has 1 aliphatic heterocycles. The van der Waals surface area contributed by atoms with Gasteiger partial charge in [0.05, 0.1) is 25.4 Å². The molecular weight excluding hydrogens is 799 g/mol. The highest BCUT2D eigenvalue weighted by Gasteiger charge is 2.44. The zero-order chi connectivity index (χ0) is 46.2. The van der Waals surface area contributed by atoms with Gasteiger partial charge >= 0.3 is 0 Å². The molecule has 0 bridgehead atoms. The van der Waals surface area contributed by atoms with Gasteiger partial charge in [-0.15, -0.1) is 0 Å². The summed E-state index contributed by atoms with van der Waals surface area (Å²) >= 11 is 0. The third kappa shape index (κ3) is 31.2. The first-order chi connectivity index (χ1) is 30.7. The highest BCUT2D eigenvalue weighted by molar-refractivity contribution is 5.80. The predicted molar refractivity (Wildman–Crippen MR) is 256 cm³/mol. The standard InChI is InChI=1S/C52H99NO10/c1-3-5-7-9-11-13-14-15-16-17-18-19-20-21-22-23-24-25-26-27-28-29-30-31-32-34-36-38-40-45(56)51(61)53-43(42-62-52-50(60)49(59)48(58)46(41-54)63-52)47(57)44(55)39-37-35-33-12-10-8-6-4-2/h4,6,12,33,43-50,52,54-60H,3,5,7-11,13-32,34-42H2,1-2H3,(H,53,61)/b6-4+,33-12+. The van der Waals surface area contributed by atoms with Crippen molar-refractivity contribution in [2.24, 2.45) is 0 Å². The van der Waals surface area contributed by atoms with Gasteiger partial charge in [0, 0.05) is 0 Å². The van der Waals surface area contributed by atoms with E-state index in [4.69, 9.17) is 9.47 Å². The molecule has 1 amide bonds. The maximum absolute atomic E-state index is 13.1. The molecule has 0 spiro atoms. The van der Waals surface area contributed by atoms with Crippen LogP contribution in [0.1, 0.15) is 232 Å². The molecule has 1 fully saturated rings. The fraction of sp³-hybridized carbons (Fsp3) is 0.904. The Labute approximate surface area is 384 Å². The Balaban J connectivity index is 2.19. The summed E-state index contributed by atoms with van der Waals surface area (Å²) in [5, 5.41) is 75.4. The van der Waals surface area contributed by atoms with Crippen LogP contribution in [0.3, 0.4) is 0 Å². The Bertz CT molecular complexity index is 1080. The van der Waals surface area contributed by atoms with Crippen molar-refractivity contribution >= 4 is 5.91 Å². The number of amides is 1. The van der Waals surface area contributed by atoms with Crippen LogP contribution in [0.2, 0.25) is 0 Å². The molecule has 8 N–H and O–H groups in total. The smallest absolute Gasteiger partial charge is 0.249 e. The molecule has 0 radical (unpaired) electrons. The minimum Gasteiger partial charge on any atom is -0.394 e. The number of hydrogen-bond acceptors (Lipinski definition) is 10. The Morgan fingerprint density at radius 1 is 0.571 bits per heavy atom. The van der Waals surface area contributed by atoms with Crippen LogP contribution < -0.4 is 5.32 Å². The van der Waals surface area contributed by atoms with Crippen LogP contribution in [0.5, 0.6) is 0 Å². The van der Waals surface area contributed by atoms with Crippen LogP contribution in [0, 0.1) is 0 Å². The number of carbonyl (C=O) groups is 1. The molecule has 0 saturated carbocycles. The average Bonchev–Trinajstić information content (AvgIpc) is 3.28. The minimum absolute atomic E-state index is 0.245. The summed E-state index contributed by atoms with van der Waals surface area (Å²) in [7, 11) is 0. The number of allylic oxidation sites excluding steroid dienone is 4. The molecule has 0 aromatic rings. The van der Waals surface area contributed by atoms with E-state index < -0.39 is 74.2 Å². The second-order valence-corrected chi connectivity index (χ2v) is 18.6. The first-order valence-corrected chi connectivity index (χ1v) is 26.2. The third-order valence-electron chi connectivity index (χ3n) is 12.8. The minimum atomic E-state index is -1.67. The van der Waals surface area contributed by atoms with Crippen molar-refractivity contribution in [1.82, 2.24) is 5.32 Å². The van der Waals surface area contributed by atoms with E-state index in [-0.39, 0.29) is 12.8 Å². The van der Waals surface area contributed by atoms with Crippen LogP contribution in [0.25, 0.3) is 0 Å². The molecule has 1 saturated heterocycles. The second-order valence-electron chi connectivity index (χ2n) is 18.6. The number of nitrogens with one attached hydrogen (secondary N) is 1. The van der Waals surface area contributed by atoms with E-state index in [9.17, 15) is 40.5 Å². The monoisotopic (exact) mass is 898 g/mol. The molecule has 63 heavy (non-hydrogen) atoms. The lowest BCUT2D eigenvalue weighted by atomic mass is 9.98. The fourth-order valence-electron chi connectivity index (χ4n) is 8.52. The SMILES string of the molecule is C/C=C/CC/C=C/CCCC(O)C(O)C(COC1OC(CO)C(O)C(O)C1O)NC(=O)C(O)CCCCCCCCCCCCCCCCCCCCCCCCCCCCCC. The number of aliphatic hydroxyl groups is 7. The molecular formula is C52H99NO10. The first-order valence-electron chi connectivity index (χ1n) is 26.2. The first kappa shape index (κ1) is 59.6. The predicted octanol–water partition coefficient (Wildman–Crippen LogP) is 9.79. The van der Waals surface area contributed by atoms with Crippen molar-refractivity contribution < 1.29 is 50.0 Å². The van der Waals surface area contributed by atoms with Gasteiger partial charge in [0.15, 0.2) is 6.29 Å². The molecule has 11 heteroatoms. The molecule has 1 rings (SSSR count). The van der Waals surface area contributed by atoms with E-state index >= 15 is 0 Å². The van der Waals surface area contributed by atoms with E-state index in [0.717, 1.165) is 32.1 Å². The van der Waals surface area contributed by atoms with E-state index in [1.807, 2.05) is 19.1 Å². The van der Waals surface area contributed by atoms with Gasteiger partial charge in [-0.05, 0) is 45.4 Å². The number of ether oxygens (including phenoxy) is 2. The van der Waals surface area contributed by atoms with Gasteiger partial charge in [0.1, 0.15) is 36.6 Å². The normalized spacial score (nSPS) is 21.3. The number of unbranched alkanes of at least 4 members (excludes halogenated alkanes) is 29. The summed E-state index contributed by atoms with van der Waals surface area (Å²) < 4.78 is 11.0. The van der Waals surface area contributed by atoms with E-state index in [2.05, 4.69) is 24.4 Å².